The van der Waals surface area contributed by atoms with Gasteiger partial charge >= 0.3 is 5.69 Å². The van der Waals surface area contributed by atoms with E-state index in [0.717, 1.165) is 5.69 Å². The highest BCUT2D eigenvalue weighted by Crippen LogP contribution is 2.14. The fourth-order valence-electron chi connectivity index (χ4n) is 1.11. The Hall–Kier alpha value is -2.18. The van der Waals surface area contributed by atoms with Crippen molar-refractivity contribution in [3.8, 4) is 5.69 Å². The number of aromatic nitrogens is 4. The number of aromatic amines is 1. The van der Waals surface area contributed by atoms with E-state index in [1.54, 1.807) is 6.20 Å². The number of nitrogens with zero attached hydrogens (tertiary/aromatic N) is 4. The molecule has 0 saturated carbocycles. The molecule has 2 heterocycles. The fraction of sp³-hybridized carbons (Fsp3) is 0.143. The summed E-state index contributed by atoms with van der Waals surface area (Å²) in [6.07, 6.45) is 4.11. The number of nitrogens with one attached hydrogen (secondary N) is 1. The molecule has 2 aromatic rings. The van der Waals surface area contributed by atoms with Gasteiger partial charge in [-0.2, -0.15) is 10.2 Å². The molecule has 0 fully saturated rings. The Bertz CT molecular complexity index is 472. The van der Waals surface area contributed by atoms with Gasteiger partial charge in [-0.05, 0) is 6.92 Å². The largest absolute Gasteiger partial charge is 0.307 e. The molecular weight excluding hydrogens is 186 g/mol. The molecule has 7 nitrogen and oxygen atoms in total. The highest BCUT2D eigenvalue weighted by molar-refractivity contribution is 5.35. The third-order valence-corrected chi connectivity index (χ3v) is 1.83. The highest BCUT2D eigenvalue weighted by atomic mass is 16.6. The van der Waals surface area contributed by atoms with Crippen molar-refractivity contribution in [2.75, 3.05) is 0 Å². The lowest BCUT2D eigenvalue weighted by molar-refractivity contribution is -0.384. The zero-order chi connectivity index (χ0) is 10.1. The van der Waals surface area contributed by atoms with Crippen molar-refractivity contribution in [1.29, 1.82) is 0 Å². The minimum atomic E-state index is -0.487. The maximum Gasteiger partial charge on any atom is 0.307 e. The van der Waals surface area contributed by atoms with E-state index in [-0.39, 0.29) is 5.69 Å². The molecule has 0 aliphatic heterocycles. The summed E-state index contributed by atoms with van der Waals surface area (Å²) in [7, 11) is 0. The molecule has 0 atom stereocenters. The summed E-state index contributed by atoms with van der Waals surface area (Å²) in [5.41, 5.74) is 1.48. The van der Waals surface area contributed by atoms with Gasteiger partial charge in [0.05, 0.1) is 16.8 Å². The van der Waals surface area contributed by atoms with Crippen molar-refractivity contribution < 1.29 is 4.92 Å². The molecular formula is C7H7N5O2. The molecule has 2 aromatic heterocycles. The molecule has 0 saturated heterocycles. The van der Waals surface area contributed by atoms with Crippen LogP contribution in [0.4, 0.5) is 5.69 Å². The van der Waals surface area contributed by atoms with Crippen LogP contribution in [0.3, 0.4) is 0 Å². The molecule has 0 spiro atoms. The maximum absolute atomic E-state index is 10.4. The second-order valence-corrected chi connectivity index (χ2v) is 2.78. The number of hydrogen-bond donors (Lipinski definition) is 1. The van der Waals surface area contributed by atoms with Gasteiger partial charge in [-0.1, -0.05) is 0 Å². The van der Waals surface area contributed by atoms with E-state index in [1.807, 2.05) is 6.92 Å². The Labute approximate surface area is 78.5 Å². The second-order valence-electron chi connectivity index (χ2n) is 2.78. The number of aryl methyl sites for hydroxylation is 1. The van der Waals surface area contributed by atoms with Gasteiger partial charge in [-0.15, -0.1) is 0 Å². The van der Waals surface area contributed by atoms with Crippen LogP contribution in [0.25, 0.3) is 5.69 Å². The van der Waals surface area contributed by atoms with Crippen LogP contribution in [0.2, 0.25) is 0 Å². The van der Waals surface area contributed by atoms with Crippen LogP contribution < -0.4 is 0 Å². The predicted octanol–water partition coefficient (Wildman–Crippen LogP) is 0.812. The van der Waals surface area contributed by atoms with Crippen LogP contribution in [0.5, 0.6) is 0 Å². The molecule has 14 heavy (non-hydrogen) atoms. The molecule has 1 N–H and O–H groups in total. The molecule has 0 aliphatic rings. The Morgan fingerprint density at radius 3 is 2.86 bits per heavy atom. The van der Waals surface area contributed by atoms with Gasteiger partial charge in [0.25, 0.3) is 0 Å². The standard InChI is InChI=1S/C7H7N5O2/c1-5-7(3-8-10-5)11-4-6(2-9-11)12(13)14/h2-4H,1H3,(H,8,10). The second kappa shape index (κ2) is 2.95. The summed E-state index contributed by atoms with van der Waals surface area (Å²) < 4.78 is 1.41. The van der Waals surface area contributed by atoms with Crippen molar-refractivity contribution in [2.45, 2.75) is 6.92 Å². The zero-order valence-corrected chi connectivity index (χ0v) is 7.34. The monoisotopic (exact) mass is 193 g/mol. The number of rotatable bonds is 2. The fourth-order valence-corrected chi connectivity index (χ4v) is 1.11. The minimum absolute atomic E-state index is 0.0365. The van der Waals surface area contributed by atoms with E-state index in [1.165, 1.54) is 17.1 Å². The van der Waals surface area contributed by atoms with Gasteiger partial charge in [0.1, 0.15) is 18.1 Å². The third-order valence-electron chi connectivity index (χ3n) is 1.83. The molecule has 0 unspecified atom stereocenters. The molecule has 72 valence electrons. The SMILES string of the molecule is Cc1[nH]ncc1-n1cc([N+](=O)[O-])cn1. The molecule has 0 aliphatic carbocycles. The molecule has 7 heteroatoms. The lowest BCUT2D eigenvalue weighted by Crippen LogP contribution is -1.94. The number of nitro groups is 1. The highest BCUT2D eigenvalue weighted by Gasteiger charge is 2.11. The van der Waals surface area contributed by atoms with Crippen molar-refractivity contribution in [1.82, 2.24) is 20.0 Å². The number of hydrogen-bond acceptors (Lipinski definition) is 4. The lowest BCUT2D eigenvalue weighted by Gasteiger charge is -1.95. The normalized spacial score (nSPS) is 10.4. The quantitative estimate of drug-likeness (QED) is 0.564. The Morgan fingerprint density at radius 2 is 2.36 bits per heavy atom. The summed E-state index contributed by atoms with van der Waals surface area (Å²) in [6, 6.07) is 0. The van der Waals surface area contributed by atoms with E-state index in [0.29, 0.717) is 5.69 Å². The van der Waals surface area contributed by atoms with Crippen molar-refractivity contribution in [3.05, 3.63) is 34.4 Å². The summed E-state index contributed by atoms with van der Waals surface area (Å²) in [6.45, 7) is 1.82. The summed E-state index contributed by atoms with van der Waals surface area (Å²) in [5, 5.41) is 20.8. The van der Waals surface area contributed by atoms with Gasteiger partial charge in [-0.3, -0.25) is 15.2 Å². The van der Waals surface area contributed by atoms with Gasteiger partial charge in [-0.25, -0.2) is 4.68 Å². The van der Waals surface area contributed by atoms with E-state index in [9.17, 15) is 10.1 Å². The van der Waals surface area contributed by atoms with E-state index in [4.69, 9.17) is 0 Å². The van der Waals surface area contributed by atoms with Crippen molar-refractivity contribution in [3.63, 3.8) is 0 Å². The molecule has 0 radical (unpaired) electrons. The Morgan fingerprint density at radius 1 is 1.57 bits per heavy atom. The zero-order valence-electron chi connectivity index (χ0n) is 7.34. The van der Waals surface area contributed by atoms with Crippen molar-refractivity contribution >= 4 is 5.69 Å². The first kappa shape index (κ1) is 8.42. The molecule has 2 rings (SSSR count). The van der Waals surface area contributed by atoms with E-state index >= 15 is 0 Å². The topological polar surface area (TPSA) is 89.6 Å². The van der Waals surface area contributed by atoms with Crippen LogP contribution in [-0.2, 0) is 0 Å². The molecule has 0 aromatic carbocycles. The molecule has 0 amide bonds. The van der Waals surface area contributed by atoms with Crippen LogP contribution in [0.15, 0.2) is 18.6 Å². The summed E-state index contributed by atoms with van der Waals surface area (Å²) in [4.78, 5) is 9.91. The minimum Gasteiger partial charge on any atom is -0.281 e. The van der Waals surface area contributed by atoms with Crippen LogP contribution in [-0.4, -0.2) is 24.9 Å². The van der Waals surface area contributed by atoms with Crippen LogP contribution >= 0.6 is 0 Å². The van der Waals surface area contributed by atoms with Gasteiger partial charge in [0, 0.05) is 0 Å². The summed E-state index contributed by atoms with van der Waals surface area (Å²) >= 11 is 0. The Kier molecular flexibility index (Phi) is 1.77. The van der Waals surface area contributed by atoms with Crippen molar-refractivity contribution in [2.24, 2.45) is 0 Å². The van der Waals surface area contributed by atoms with Crippen LogP contribution in [0.1, 0.15) is 5.69 Å². The van der Waals surface area contributed by atoms with Gasteiger partial charge in [0.2, 0.25) is 0 Å². The first-order valence-electron chi connectivity index (χ1n) is 3.88. The van der Waals surface area contributed by atoms with Gasteiger partial charge < -0.3 is 0 Å². The average Bonchev–Trinajstić information content (AvgIpc) is 2.71. The first-order valence-corrected chi connectivity index (χ1v) is 3.88. The smallest absolute Gasteiger partial charge is 0.281 e. The predicted molar refractivity (Wildman–Crippen MR) is 47.1 cm³/mol. The third kappa shape index (κ3) is 1.24. The number of H-pyrrole nitrogens is 1. The average molecular weight is 193 g/mol. The van der Waals surface area contributed by atoms with E-state index in [2.05, 4.69) is 15.3 Å². The first-order chi connectivity index (χ1) is 6.68. The van der Waals surface area contributed by atoms with Crippen LogP contribution in [0, 0.1) is 17.0 Å². The van der Waals surface area contributed by atoms with Gasteiger partial charge in [0.15, 0.2) is 0 Å². The molecule has 0 bridgehead atoms. The lowest BCUT2D eigenvalue weighted by atomic mass is 10.4. The van der Waals surface area contributed by atoms with E-state index < -0.39 is 4.92 Å². The Balaban J connectivity index is 2.43. The maximum atomic E-state index is 10.4. The summed E-state index contributed by atoms with van der Waals surface area (Å²) in [5.74, 6) is 0.